The second-order valence-corrected chi connectivity index (χ2v) is 9.08. The number of rotatable bonds is 4. The molecule has 1 amide bonds. The van der Waals surface area contributed by atoms with Crippen LogP contribution in [-0.4, -0.2) is 45.0 Å². The molecule has 0 saturated carbocycles. The minimum Gasteiger partial charge on any atom is -0.350 e. The molecule has 0 saturated heterocycles. The van der Waals surface area contributed by atoms with Crippen LogP contribution >= 0.6 is 11.3 Å². The SMILES string of the molecule is CN(CC(=O)NC(C)(C)C)c1nc(-c2cc3ncsc3cn2)nc2c1CCC2. The van der Waals surface area contributed by atoms with Crippen LogP contribution in [0.25, 0.3) is 21.7 Å². The topological polar surface area (TPSA) is 83.9 Å². The molecule has 7 nitrogen and oxygen atoms in total. The van der Waals surface area contributed by atoms with Crippen LogP contribution < -0.4 is 10.2 Å². The van der Waals surface area contributed by atoms with Crippen LogP contribution in [0.15, 0.2) is 17.8 Å². The number of carbonyl (C=O) groups excluding carboxylic acids is 1. The number of aromatic nitrogens is 4. The smallest absolute Gasteiger partial charge is 0.239 e. The Hall–Kier alpha value is -2.61. The molecule has 0 aliphatic heterocycles. The van der Waals surface area contributed by atoms with E-state index in [1.54, 1.807) is 11.3 Å². The van der Waals surface area contributed by atoms with Gasteiger partial charge < -0.3 is 10.2 Å². The summed E-state index contributed by atoms with van der Waals surface area (Å²) in [6.07, 6.45) is 4.74. The fraction of sp³-hybridized carbons (Fsp3) is 0.450. The molecular formula is C20H24N6OS. The molecule has 3 heterocycles. The van der Waals surface area contributed by atoms with Gasteiger partial charge in [0.1, 0.15) is 11.5 Å². The van der Waals surface area contributed by atoms with Crippen molar-refractivity contribution in [2.45, 2.75) is 45.6 Å². The highest BCUT2D eigenvalue weighted by Crippen LogP contribution is 2.31. The number of likely N-dealkylation sites (N-methyl/N-ethyl adjacent to an activating group) is 1. The average Bonchev–Trinajstić information content (AvgIpc) is 3.27. The van der Waals surface area contributed by atoms with Gasteiger partial charge in [-0.2, -0.15) is 0 Å². The van der Waals surface area contributed by atoms with Gasteiger partial charge in [-0.25, -0.2) is 15.0 Å². The highest BCUT2D eigenvalue weighted by atomic mass is 32.1. The van der Waals surface area contributed by atoms with Gasteiger partial charge in [0.05, 0.1) is 22.3 Å². The zero-order chi connectivity index (χ0) is 19.9. The Morgan fingerprint density at radius 2 is 2.07 bits per heavy atom. The standard InChI is InChI=1S/C20H24N6OS/c1-20(2,3)25-17(27)10-26(4)19-12-6-5-7-13(12)23-18(24-19)15-8-14-16(9-21-15)28-11-22-14/h8-9,11H,5-7,10H2,1-4H3,(H,25,27). The number of amides is 1. The third-order valence-electron chi connectivity index (χ3n) is 4.62. The van der Waals surface area contributed by atoms with E-state index in [2.05, 4.69) is 15.3 Å². The second kappa shape index (κ2) is 7.09. The van der Waals surface area contributed by atoms with E-state index < -0.39 is 0 Å². The maximum atomic E-state index is 12.4. The lowest BCUT2D eigenvalue weighted by Crippen LogP contribution is -2.45. The Bertz CT molecular complexity index is 1040. The third kappa shape index (κ3) is 3.82. The molecular weight excluding hydrogens is 372 g/mol. The van der Waals surface area contributed by atoms with Gasteiger partial charge >= 0.3 is 0 Å². The Morgan fingerprint density at radius 3 is 2.86 bits per heavy atom. The first kappa shape index (κ1) is 18.7. The molecule has 0 unspecified atom stereocenters. The van der Waals surface area contributed by atoms with Crippen LogP contribution in [-0.2, 0) is 17.6 Å². The van der Waals surface area contributed by atoms with Crippen molar-refractivity contribution in [3.63, 3.8) is 0 Å². The molecule has 0 radical (unpaired) electrons. The van der Waals surface area contributed by atoms with E-state index in [9.17, 15) is 4.79 Å². The summed E-state index contributed by atoms with van der Waals surface area (Å²) in [6.45, 7) is 6.18. The van der Waals surface area contributed by atoms with Crippen molar-refractivity contribution >= 4 is 33.3 Å². The lowest BCUT2D eigenvalue weighted by atomic mass is 10.1. The predicted molar refractivity (Wildman–Crippen MR) is 112 cm³/mol. The first-order valence-electron chi connectivity index (χ1n) is 9.42. The average molecular weight is 397 g/mol. The summed E-state index contributed by atoms with van der Waals surface area (Å²) in [5.41, 5.74) is 5.37. The van der Waals surface area contributed by atoms with Gasteiger partial charge in [-0.1, -0.05) is 0 Å². The summed E-state index contributed by atoms with van der Waals surface area (Å²) < 4.78 is 1.04. The normalized spacial score (nSPS) is 13.6. The summed E-state index contributed by atoms with van der Waals surface area (Å²) in [7, 11) is 1.91. The highest BCUT2D eigenvalue weighted by molar-refractivity contribution is 7.16. The minimum atomic E-state index is -0.260. The molecule has 3 aromatic rings. The van der Waals surface area contributed by atoms with Crippen LogP contribution in [0, 0.1) is 0 Å². The molecule has 0 spiro atoms. The second-order valence-electron chi connectivity index (χ2n) is 8.19. The Kier molecular flexibility index (Phi) is 4.74. The highest BCUT2D eigenvalue weighted by Gasteiger charge is 2.24. The Balaban J connectivity index is 1.68. The Labute approximate surface area is 168 Å². The molecule has 8 heteroatoms. The number of aryl methyl sites for hydroxylation is 1. The number of anilines is 1. The van der Waals surface area contributed by atoms with Crippen molar-refractivity contribution in [1.29, 1.82) is 0 Å². The number of nitrogens with one attached hydrogen (secondary N) is 1. The van der Waals surface area contributed by atoms with E-state index in [0.717, 1.165) is 46.6 Å². The van der Waals surface area contributed by atoms with Gasteiger partial charge in [0.15, 0.2) is 5.82 Å². The molecule has 0 aromatic carbocycles. The molecule has 1 aliphatic carbocycles. The first-order valence-corrected chi connectivity index (χ1v) is 10.3. The Morgan fingerprint density at radius 1 is 1.25 bits per heavy atom. The maximum absolute atomic E-state index is 12.4. The zero-order valence-electron chi connectivity index (χ0n) is 16.6. The van der Waals surface area contributed by atoms with Crippen LogP contribution in [0.2, 0.25) is 0 Å². The molecule has 28 heavy (non-hydrogen) atoms. The van der Waals surface area contributed by atoms with Gasteiger partial charge in [-0.3, -0.25) is 9.78 Å². The quantitative estimate of drug-likeness (QED) is 0.730. The van der Waals surface area contributed by atoms with Gasteiger partial charge in [0, 0.05) is 30.0 Å². The number of pyridine rings is 1. The molecule has 4 rings (SSSR count). The van der Waals surface area contributed by atoms with Crippen molar-refractivity contribution < 1.29 is 4.79 Å². The van der Waals surface area contributed by atoms with Crippen LogP contribution in [0.5, 0.6) is 0 Å². The number of carbonyl (C=O) groups is 1. The fourth-order valence-electron chi connectivity index (χ4n) is 3.48. The van der Waals surface area contributed by atoms with Crippen LogP contribution in [0.4, 0.5) is 5.82 Å². The minimum absolute atomic E-state index is 0.0241. The van der Waals surface area contributed by atoms with Crippen LogP contribution in [0.1, 0.15) is 38.4 Å². The van der Waals surface area contributed by atoms with Crippen molar-refractivity contribution in [3.05, 3.63) is 29.0 Å². The van der Waals surface area contributed by atoms with E-state index in [-0.39, 0.29) is 18.0 Å². The number of fused-ring (bicyclic) bond motifs is 2. The van der Waals surface area contributed by atoms with Gasteiger partial charge in [0.2, 0.25) is 5.91 Å². The fourth-order valence-corrected chi connectivity index (χ4v) is 4.10. The van der Waals surface area contributed by atoms with Crippen LogP contribution in [0.3, 0.4) is 0 Å². The van der Waals surface area contributed by atoms with E-state index in [1.165, 1.54) is 0 Å². The molecule has 0 bridgehead atoms. The predicted octanol–water partition coefficient (Wildman–Crippen LogP) is 2.99. The molecule has 1 aliphatic rings. The van der Waals surface area contributed by atoms with E-state index in [1.807, 2.05) is 50.5 Å². The molecule has 1 N–H and O–H groups in total. The van der Waals surface area contributed by atoms with Crippen molar-refractivity contribution in [1.82, 2.24) is 25.3 Å². The van der Waals surface area contributed by atoms with Gasteiger partial charge in [-0.15, -0.1) is 11.3 Å². The summed E-state index contributed by atoms with van der Waals surface area (Å²) in [5, 5.41) is 3.01. The molecule has 0 fully saturated rings. The number of thiazole rings is 1. The monoisotopic (exact) mass is 396 g/mol. The number of hydrogen-bond donors (Lipinski definition) is 1. The molecule has 0 atom stereocenters. The maximum Gasteiger partial charge on any atom is 0.239 e. The van der Waals surface area contributed by atoms with Crippen molar-refractivity contribution in [2.24, 2.45) is 0 Å². The first-order chi connectivity index (χ1) is 13.3. The van der Waals surface area contributed by atoms with Gasteiger partial charge in [0.25, 0.3) is 0 Å². The van der Waals surface area contributed by atoms with E-state index in [4.69, 9.17) is 9.97 Å². The zero-order valence-corrected chi connectivity index (χ0v) is 17.4. The van der Waals surface area contributed by atoms with E-state index >= 15 is 0 Å². The summed E-state index contributed by atoms with van der Waals surface area (Å²) >= 11 is 1.56. The van der Waals surface area contributed by atoms with Crippen molar-refractivity contribution in [3.8, 4) is 11.5 Å². The lowest BCUT2D eigenvalue weighted by Gasteiger charge is -2.25. The van der Waals surface area contributed by atoms with Crippen molar-refractivity contribution in [2.75, 3.05) is 18.5 Å². The largest absolute Gasteiger partial charge is 0.350 e. The van der Waals surface area contributed by atoms with E-state index in [0.29, 0.717) is 11.5 Å². The number of nitrogens with zero attached hydrogens (tertiary/aromatic N) is 5. The summed E-state index contributed by atoms with van der Waals surface area (Å²) in [5.74, 6) is 1.39. The number of hydrogen-bond acceptors (Lipinski definition) is 7. The summed E-state index contributed by atoms with van der Waals surface area (Å²) in [4.78, 5) is 32.8. The third-order valence-corrected chi connectivity index (χ3v) is 5.39. The molecule has 146 valence electrons. The lowest BCUT2D eigenvalue weighted by molar-refractivity contribution is -0.121. The molecule has 3 aromatic heterocycles. The van der Waals surface area contributed by atoms with Gasteiger partial charge in [-0.05, 0) is 46.1 Å². The summed E-state index contributed by atoms with van der Waals surface area (Å²) in [6, 6.07) is 1.93.